The molecular formula is C59H55IrN3OSi-2. The van der Waals surface area contributed by atoms with E-state index in [1.165, 1.54) is 5.56 Å². The van der Waals surface area contributed by atoms with Crippen LogP contribution in [0.1, 0.15) is 48.5 Å². The minimum atomic E-state index is -1.71. The molecule has 0 N–H and O–H groups in total. The molecule has 0 bridgehead atoms. The number of aromatic nitrogens is 3. The van der Waals surface area contributed by atoms with Crippen molar-refractivity contribution in [3.05, 3.63) is 193 Å². The Morgan fingerprint density at radius 3 is 2.00 bits per heavy atom. The molecule has 0 saturated heterocycles. The fourth-order valence-corrected chi connectivity index (χ4v) is 9.88. The summed E-state index contributed by atoms with van der Waals surface area (Å²) in [5.74, 6) is 0.698. The first-order chi connectivity index (χ1) is 31.6. The largest absolute Gasteiger partial charge is 0.501 e. The van der Waals surface area contributed by atoms with E-state index in [1.54, 1.807) is 0 Å². The standard InChI is InChI=1S/C37H23N2O.C22H32NSi.Ir/c1-3-13-25(14-4-1)27-18-11-19-28(26-15-5-2-6-16-26)35(27)39-33-23-9-8-22-32(33)38-37(39)31-21-12-20-30-29-17-7-10-24-34(29)40-36(30)31;1-16(2)12-18-14-20(23-15-21(18)24(6,7)8)17-10-9-11-19(13-17)22(3,4)5;/h1-20,22-24H;9,11,13-16H,12H2,1-8H3;/q2*-1;/i;12D2;. The predicted octanol–water partition coefficient (Wildman–Crippen LogP) is 15.3. The van der Waals surface area contributed by atoms with Crippen molar-refractivity contribution in [1.29, 1.82) is 0 Å². The van der Waals surface area contributed by atoms with Crippen LogP contribution in [-0.2, 0) is 31.9 Å². The summed E-state index contributed by atoms with van der Waals surface area (Å²) in [6.45, 7) is 17.2. The molecule has 10 aromatic rings. The number of fused-ring (bicyclic) bond motifs is 4. The summed E-state index contributed by atoms with van der Waals surface area (Å²) in [4.78, 5) is 9.93. The third kappa shape index (κ3) is 9.35. The second kappa shape index (κ2) is 18.7. The van der Waals surface area contributed by atoms with Gasteiger partial charge in [-0.3, -0.25) is 4.98 Å². The van der Waals surface area contributed by atoms with Crippen LogP contribution in [0.2, 0.25) is 19.6 Å². The third-order valence-electron chi connectivity index (χ3n) is 11.7. The van der Waals surface area contributed by atoms with Gasteiger partial charge in [0.25, 0.3) is 0 Å². The minimum absolute atomic E-state index is 0. The van der Waals surface area contributed by atoms with Crippen molar-refractivity contribution in [2.45, 2.75) is 66.0 Å². The van der Waals surface area contributed by atoms with Crippen LogP contribution >= 0.6 is 0 Å². The quantitative estimate of drug-likeness (QED) is 0.113. The van der Waals surface area contributed by atoms with E-state index in [2.05, 4.69) is 178 Å². The van der Waals surface area contributed by atoms with Gasteiger partial charge in [0.05, 0.1) is 36.2 Å². The van der Waals surface area contributed by atoms with Crippen LogP contribution in [-0.4, -0.2) is 22.6 Å². The molecule has 327 valence electrons. The van der Waals surface area contributed by atoms with Gasteiger partial charge in [0, 0.05) is 45.6 Å². The zero-order chi connectivity index (χ0) is 46.4. The summed E-state index contributed by atoms with van der Waals surface area (Å²) in [5.41, 5.74) is 13.9. The predicted molar refractivity (Wildman–Crippen MR) is 272 cm³/mol. The van der Waals surface area contributed by atoms with Crippen LogP contribution in [0.15, 0.2) is 174 Å². The topological polar surface area (TPSA) is 43.9 Å². The van der Waals surface area contributed by atoms with E-state index in [0.29, 0.717) is 0 Å². The summed E-state index contributed by atoms with van der Waals surface area (Å²) >= 11 is 0. The zero-order valence-electron chi connectivity index (χ0n) is 40.3. The summed E-state index contributed by atoms with van der Waals surface area (Å²) < 4.78 is 26.1. The molecule has 65 heavy (non-hydrogen) atoms. The van der Waals surface area contributed by atoms with Crippen molar-refractivity contribution < 1.29 is 27.3 Å². The van der Waals surface area contributed by atoms with Crippen LogP contribution in [0.5, 0.6) is 0 Å². The Labute approximate surface area is 401 Å². The van der Waals surface area contributed by atoms with Crippen LogP contribution < -0.4 is 5.19 Å². The van der Waals surface area contributed by atoms with E-state index in [4.69, 9.17) is 17.1 Å². The van der Waals surface area contributed by atoms with E-state index in [9.17, 15) is 0 Å². The Morgan fingerprint density at radius 1 is 0.708 bits per heavy atom. The molecule has 10 rings (SSSR count). The Kier molecular flexibility index (Phi) is 12.3. The number of furan rings is 1. The summed E-state index contributed by atoms with van der Waals surface area (Å²) in [7, 11) is -1.71. The molecule has 6 heteroatoms. The maximum absolute atomic E-state index is 8.69. The third-order valence-corrected chi connectivity index (χ3v) is 13.7. The van der Waals surface area contributed by atoms with E-state index >= 15 is 0 Å². The van der Waals surface area contributed by atoms with E-state index in [1.807, 2.05) is 62.5 Å². The smallest absolute Gasteiger partial charge is 0.120 e. The first-order valence-corrected chi connectivity index (χ1v) is 25.7. The zero-order valence-corrected chi connectivity index (χ0v) is 41.7. The summed E-state index contributed by atoms with van der Waals surface area (Å²) in [5, 5.41) is 3.25. The van der Waals surface area contributed by atoms with Gasteiger partial charge in [-0.05, 0) is 57.9 Å². The maximum atomic E-state index is 8.69. The maximum Gasteiger partial charge on any atom is 0.120 e. The number of hydrogen-bond donors (Lipinski definition) is 0. The van der Waals surface area contributed by atoms with Gasteiger partial charge < -0.3 is 14.0 Å². The second-order valence-electron chi connectivity index (χ2n) is 18.8. The van der Waals surface area contributed by atoms with Gasteiger partial charge in [-0.25, -0.2) is 0 Å². The van der Waals surface area contributed by atoms with Gasteiger partial charge in [-0.1, -0.05) is 186 Å². The van der Waals surface area contributed by atoms with Gasteiger partial charge in [-0.2, -0.15) is 0 Å². The Morgan fingerprint density at radius 2 is 1.34 bits per heavy atom. The van der Waals surface area contributed by atoms with E-state index < -0.39 is 14.4 Å². The first kappa shape index (κ1) is 42.8. The molecule has 7 aromatic carbocycles. The molecule has 3 heterocycles. The van der Waals surface area contributed by atoms with Crippen LogP contribution in [0, 0.1) is 18.1 Å². The SMILES string of the molecule is [2H]C([2H])(c1cc(-c2[c-]ccc(C(C)(C)C)c2)ncc1[Si](C)(C)C)C(C)C.[Ir].[c-]1ccc2c(oc3ccccc32)c1-c1nc2ccccc2n1-c1c(-c2ccccc2)cccc1-c1ccccc1. The van der Waals surface area contributed by atoms with Gasteiger partial charge in [0.1, 0.15) is 5.58 Å². The average Bonchev–Trinajstić information content (AvgIpc) is 3.90. The number of benzene rings is 7. The minimum Gasteiger partial charge on any atom is -0.501 e. The average molecular weight is 1040 g/mol. The molecule has 0 aliphatic rings. The normalized spacial score (nSPS) is 12.4. The molecule has 1 radical (unpaired) electrons. The molecule has 0 spiro atoms. The Balaban J connectivity index is 0.000000197. The van der Waals surface area contributed by atoms with Crippen molar-refractivity contribution in [3.63, 3.8) is 0 Å². The van der Waals surface area contributed by atoms with Crippen molar-refractivity contribution >= 4 is 46.2 Å². The number of imidazole rings is 1. The van der Waals surface area contributed by atoms with Crippen LogP contribution in [0.25, 0.3) is 83.6 Å². The Bertz CT molecular complexity index is 3290. The van der Waals surface area contributed by atoms with Crippen molar-refractivity contribution in [2.75, 3.05) is 0 Å². The Hall–Kier alpha value is -6.17. The molecule has 0 amide bonds. The fraction of sp³-hybridized carbons (Fsp3) is 0.186. The van der Waals surface area contributed by atoms with E-state index in [-0.39, 0.29) is 31.4 Å². The van der Waals surface area contributed by atoms with Gasteiger partial charge in [0.2, 0.25) is 0 Å². The summed E-state index contributed by atoms with van der Waals surface area (Å²) in [6, 6.07) is 63.1. The molecule has 3 aromatic heterocycles. The molecule has 0 aliphatic carbocycles. The monoisotopic (exact) mass is 1040 g/mol. The molecule has 0 fully saturated rings. The second-order valence-corrected chi connectivity index (χ2v) is 23.8. The van der Waals surface area contributed by atoms with E-state index in [0.717, 1.165) is 94.3 Å². The number of rotatable bonds is 8. The number of nitrogens with zero attached hydrogens (tertiary/aromatic N) is 3. The fourth-order valence-electron chi connectivity index (χ4n) is 8.47. The number of pyridine rings is 1. The molecule has 0 atom stereocenters. The van der Waals surface area contributed by atoms with Crippen molar-refractivity contribution in [2.24, 2.45) is 5.92 Å². The van der Waals surface area contributed by atoms with Gasteiger partial charge in [0.15, 0.2) is 0 Å². The van der Waals surface area contributed by atoms with Crippen LogP contribution in [0.4, 0.5) is 0 Å². The molecular weight excluding hydrogens is 987 g/mol. The number of para-hydroxylation sites is 4. The molecule has 0 saturated carbocycles. The van der Waals surface area contributed by atoms with Gasteiger partial charge in [-0.15, -0.1) is 53.6 Å². The molecule has 0 unspecified atom stereocenters. The molecule has 0 aliphatic heterocycles. The summed E-state index contributed by atoms with van der Waals surface area (Å²) in [6.07, 6.45) is 0.531. The first-order valence-electron chi connectivity index (χ1n) is 23.2. The van der Waals surface area contributed by atoms with Crippen molar-refractivity contribution in [1.82, 2.24) is 14.5 Å². The van der Waals surface area contributed by atoms with Gasteiger partial charge >= 0.3 is 0 Å². The van der Waals surface area contributed by atoms with Crippen LogP contribution in [0.3, 0.4) is 0 Å². The van der Waals surface area contributed by atoms with Crippen molar-refractivity contribution in [3.8, 4) is 50.6 Å². The molecule has 4 nitrogen and oxygen atoms in total. The number of hydrogen-bond acceptors (Lipinski definition) is 3.